The van der Waals surface area contributed by atoms with Crippen molar-refractivity contribution in [3.8, 4) is 0 Å². The maximum absolute atomic E-state index is 11.1. The summed E-state index contributed by atoms with van der Waals surface area (Å²) in [6, 6.07) is 1.25. The molecule has 1 aromatic heterocycles. The van der Waals surface area contributed by atoms with Crippen LogP contribution in [0.2, 0.25) is 0 Å². The van der Waals surface area contributed by atoms with Gasteiger partial charge in [-0.25, -0.2) is 22.9 Å². The van der Waals surface area contributed by atoms with Crippen LogP contribution in [0.25, 0.3) is 0 Å². The Morgan fingerprint density at radius 3 is 2.78 bits per heavy atom. The lowest BCUT2D eigenvalue weighted by atomic mass is 10.2. The van der Waals surface area contributed by atoms with E-state index in [4.69, 9.17) is 10.8 Å². The lowest BCUT2D eigenvalue weighted by molar-refractivity contribution is 0.0698. The fraction of sp³-hybridized carbons (Fsp3) is 0.333. The highest BCUT2D eigenvalue weighted by molar-refractivity contribution is 7.89. The summed E-state index contributed by atoms with van der Waals surface area (Å²) >= 11 is 0. The third kappa shape index (κ3) is 3.86. The molecule has 0 saturated heterocycles. The number of nitrogens with two attached hydrogens (primary N) is 1. The van der Waals surface area contributed by atoms with Gasteiger partial charge in [-0.1, -0.05) is 0 Å². The van der Waals surface area contributed by atoms with Crippen LogP contribution < -0.4 is 15.8 Å². The Morgan fingerprint density at radius 1 is 1.56 bits per heavy atom. The number of carbonyl (C=O) groups is 1. The molecule has 8 nitrogen and oxygen atoms in total. The van der Waals surface area contributed by atoms with E-state index in [0.717, 1.165) is 0 Å². The molecule has 18 heavy (non-hydrogen) atoms. The molecule has 0 atom stereocenters. The summed E-state index contributed by atoms with van der Waals surface area (Å²) in [5.41, 5.74) is 5.40. The van der Waals surface area contributed by atoms with Crippen LogP contribution in [0.5, 0.6) is 0 Å². The van der Waals surface area contributed by atoms with Gasteiger partial charge in [-0.15, -0.1) is 0 Å². The molecule has 9 heteroatoms. The minimum absolute atomic E-state index is 0.0518. The average Bonchev–Trinajstić information content (AvgIpc) is 2.31. The van der Waals surface area contributed by atoms with E-state index >= 15 is 0 Å². The molecule has 0 bridgehead atoms. The topological polar surface area (TPSA) is 134 Å². The summed E-state index contributed by atoms with van der Waals surface area (Å²) < 4.78 is 24.4. The van der Waals surface area contributed by atoms with Crippen molar-refractivity contribution in [2.75, 3.05) is 30.4 Å². The number of aromatic carboxylic acids is 1. The van der Waals surface area contributed by atoms with Gasteiger partial charge in [0.2, 0.25) is 10.0 Å². The molecular weight excluding hydrogens is 260 g/mol. The molecule has 0 spiro atoms. The number of carboxylic acid groups (broad SMARTS) is 1. The summed E-state index contributed by atoms with van der Waals surface area (Å²) in [4.78, 5) is 14.7. The van der Waals surface area contributed by atoms with Crippen molar-refractivity contribution in [3.63, 3.8) is 0 Å². The van der Waals surface area contributed by atoms with Gasteiger partial charge in [0.1, 0.15) is 5.82 Å². The second kappa shape index (κ2) is 5.65. The fourth-order valence-electron chi connectivity index (χ4n) is 1.16. The minimum atomic E-state index is -3.31. The molecule has 0 aliphatic carbocycles. The van der Waals surface area contributed by atoms with E-state index in [-0.39, 0.29) is 29.4 Å². The van der Waals surface area contributed by atoms with E-state index in [1.54, 1.807) is 0 Å². The first-order valence-corrected chi connectivity index (χ1v) is 6.65. The smallest absolute Gasteiger partial charge is 0.337 e. The zero-order valence-corrected chi connectivity index (χ0v) is 10.5. The summed E-state index contributed by atoms with van der Waals surface area (Å²) in [7, 11) is -1.99. The van der Waals surface area contributed by atoms with E-state index in [0.29, 0.717) is 0 Å². The third-order valence-electron chi connectivity index (χ3n) is 2.15. The first-order valence-electron chi connectivity index (χ1n) is 4.99. The van der Waals surface area contributed by atoms with E-state index in [9.17, 15) is 13.2 Å². The Balaban J connectivity index is 2.69. The van der Waals surface area contributed by atoms with Crippen molar-refractivity contribution in [3.05, 3.63) is 17.8 Å². The molecule has 0 fully saturated rings. The Hall–Kier alpha value is -1.87. The van der Waals surface area contributed by atoms with Gasteiger partial charge < -0.3 is 16.2 Å². The van der Waals surface area contributed by atoms with Gasteiger partial charge in [-0.05, 0) is 13.1 Å². The molecule has 0 saturated carbocycles. The van der Waals surface area contributed by atoms with Crippen molar-refractivity contribution in [2.45, 2.75) is 0 Å². The first-order chi connectivity index (χ1) is 8.35. The number of carboxylic acids is 1. The average molecular weight is 274 g/mol. The second-order valence-electron chi connectivity index (χ2n) is 3.41. The highest BCUT2D eigenvalue weighted by atomic mass is 32.2. The number of nitrogens with one attached hydrogen (secondary N) is 2. The summed E-state index contributed by atoms with van der Waals surface area (Å²) in [6.45, 7) is 0.110. The van der Waals surface area contributed by atoms with Crippen LogP contribution in [0.1, 0.15) is 10.4 Å². The van der Waals surface area contributed by atoms with E-state index in [1.165, 1.54) is 19.3 Å². The van der Waals surface area contributed by atoms with Gasteiger partial charge in [0.15, 0.2) is 0 Å². The lowest BCUT2D eigenvalue weighted by Gasteiger charge is -2.07. The normalized spacial score (nSPS) is 11.2. The number of hydrogen-bond donors (Lipinski definition) is 4. The summed E-state index contributed by atoms with van der Waals surface area (Å²) in [5.74, 6) is -1.05. The van der Waals surface area contributed by atoms with Crippen molar-refractivity contribution in [2.24, 2.45) is 0 Å². The standard InChI is InChI=1S/C9H14N4O4S/c1-11-18(16,17)3-2-12-8-4-6(9(14)15)7(10)5-13-8/h4-5,11H,2-3,10H2,1H3,(H,12,13)(H,14,15). The van der Waals surface area contributed by atoms with Gasteiger partial charge in [-0.3, -0.25) is 0 Å². The number of aromatic nitrogens is 1. The predicted molar refractivity (Wildman–Crippen MR) is 66.9 cm³/mol. The van der Waals surface area contributed by atoms with Crippen molar-refractivity contribution >= 4 is 27.5 Å². The quantitative estimate of drug-likeness (QED) is 0.540. The van der Waals surface area contributed by atoms with Crippen LogP contribution in [0.15, 0.2) is 12.3 Å². The van der Waals surface area contributed by atoms with Gasteiger partial charge in [0.25, 0.3) is 0 Å². The summed E-state index contributed by atoms with van der Waals surface area (Å²) in [6.07, 6.45) is 1.21. The van der Waals surface area contributed by atoms with Crippen molar-refractivity contribution in [1.82, 2.24) is 9.71 Å². The van der Waals surface area contributed by atoms with E-state index in [1.807, 2.05) is 0 Å². The number of sulfonamides is 1. The van der Waals surface area contributed by atoms with Gasteiger partial charge in [-0.2, -0.15) is 0 Å². The predicted octanol–water partition coefficient (Wildman–Crippen LogP) is -0.677. The molecule has 1 heterocycles. The van der Waals surface area contributed by atoms with Crippen LogP contribution >= 0.6 is 0 Å². The number of nitrogen functional groups attached to an aromatic ring is 1. The molecule has 1 aromatic rings. The minimum Gasteiger partial charge on any atom is -0.478 e. The number of hydrogen-bond acceptors (Lipinski definition) is 6. The molecule has 0 unspecified atom stereocenters. The maximum Gasteiger partial charge on any atom is 0.337 e. The highest BCUT2D eigenvalue weighted by Crippen LogP contribution is 2.14. The molecule has 100 valence electrons. The molecule has 0 radical (unpaired) electrons. The molecular formula is C9H14N4O4S. The number of anilines is 2. The van der Waals surface area contributed by atoms with Crippen molar-refractivity contribution < 1.29 is 18.3 Å². The monoisotopic (exact) mass is 274 g/mol. The van der Waals surface area contributed by atoms with Crippen LogP contribution in [-0.4, -0.2) is 43.8 Å². The van der Waals surface area contributed by atoms with Gasteiger partial charge in [0.05, 0.1) is 23.2 Å². The molecule has 0 amide bonds. The highest BCUT2D eigenvalue weighted by Gasteiger charge is 2.10. The Labute approximate surface area is 104 Å². The number of pyridine rings is 1. The molecule has 1 rings (SSSR count). The lowest BCUT2D eigenvalue weighted by Crippen LogP contribution is -2.26. The third-order valence-corrected chi connectivity index (χ3v) is 3.52. The maximum atomic E-state index is 11.1. The van der Waals surface area contributed by atoms with Crippen LogP contribution in [0, 0.1) is 0 Å². The van der Waals surface area contributed by atoms with E-state index < -0.39 is 16.0 Å². The van der Waals surface area contributed by atoms with Crippen molar-refractivity contribution in [1.29, 1.82) is 0 Å². The first kappa shape index (κ1) is 14.2. The van der Waals surface area contributed by atoms with Crippen LogP contribution in [0.4, 0.5) is 11.5 Å². The zero-order valence-electron chi connectivity index (χ0n) is 9.67. The molecule has 0 aliphatic rings. The van der Waals surface area contributed by atoms with Gasteiger partial charge >= 0.3 is 5.97 Å². The SMILES string of the molecule is CNS(=O)(=O)CCNc1cc(C(=O)O)c(N)cn1. The Morgan fingerprint density at radius 2 is 2.22 bits per heavy atom. The van der Waals surface area contributed by atoms with Gasteiger partial charge in [0, 0.05) is 6.54 Å². The number of nitrogens with zero attached hydrogens (tertiary/aromatic N) is 1. The largest absolute Gasteiger partial charge is 0.478 e. The molecule has 0 aromatic carbocycles. The zero-order chi connectivity index (χ0) is 13.8. The Kier molecular flexibility index (Phi) is 4.45. The number of rotatable bonds is 6. The molecule has 5 N–H and O–H groups in total. The summed E-state index contributed by atoms with van der Waals surface area (Å²) in [5, 5.41) is 11.5. The van der Waals surface area contributed by atoms with Crippen LogP contribution in [0.3, 0.4) is 0 Å². The molecule has 0 aliphatic heterocycles. The fourth-order valence-corrected chi connectivity index (χ4v) is 1.74. The second-order valence-corrected chi connectivity index (χ2v) is 5.46. The Bertz CT molecular complexity index is 543. The van der Waals surface area contributed by atoms with E-state index in [2.05, 4.69) is 15.0 Å². The van der Waals surface area contributed by atoms with Crippen LogP contribution in [-0.2, 0) is 10.0 Å².